The average molecular weight is 224 g/mol. The SMILES string of the molecule is C/C(=N\[S@](=O)C(C)(C)C)C(C)(C)Cl. The van der Waals surface area contributed by atoms with E-state index in [9.17, 15) is 4.21 Å². The molecule has 0 aromatic heterocycles. The van der Waals surface area contributed by atoms with Gasteiger partial charge in [-0.05, 0) is 41.5 Å². The van der Waals surface area contributed by atoms with E-state index in [1.165, 1.54) is 0 Å². The predicted octanol–water partition coefficient (Wildman–Crippen LogP) is 2.93. The van der Waals surface area contributed by atoms with E-state index in [0.717, 1.165) is 0 Å². The topological polar surface area (TPSA) is 29.4 Å². The van der Waals surface area contributed by atoms with Crippen LogP contribution < -0.4 is 0 Å². The molecular weight excluding hydrogens is 206 g/mol. The minimum atomic E-state index is -1.21. The maximum absolute atomic E-state index is 11.6. The van der Waals surface area contributed by atoms with Crippen molar-refractivity contribution in [3.8, 4) is 0 Å². The van der Waals surface area contributed by atoms with E-state index < -0.39 is 15.9 Å². The second-order valence-corrected chi connectivity index (χ2v) is 7.36. The van der Waals surface area contributed by atoms with Gasteiger partial charge in [-0.1, -0.05) is 0 Å². The molecule has 0 fully saturated rings. The summed E-state index contributed by atoms with van der Waals surface area (Å²) in [5.74, 6) is 0. The molecule has 0 saturated carbocycles. The molecule has 0 saturated heterocycles. The second kappa shape index (κ2) is 4.09. The fraction of sp³-hybridized carbons (Fsp3) is 0.889. The summed E-state index contributed by atoms with van der Waals surface area (Å²) in [6.45, 7) is 11.2. The van der Waals surface area contributed by atoms with E-state index in [-0.39, 0.29) is 4.75 Å². The van der Waals surface area contributed by atoms with Gasteiger partial charge in [0, 0.05) is 5.71 Å². The van der Waals surface area contributed by atoms with Crippen LogP contribution in [0.3, 0.4) is 0 Å². The molecule has 0 aliphatic rings. The van der Waals surface area contributed by atoms with Crippen molar-refractivity contribution in [2.24, 2.45) is 4.40 Å². The Morgan fingerprint density at radius 1 is 1.23 bits per heavy atom. The summed E-state index contributed by atoms with van der Waals surface area (Å²) in [4.78, 5) is -0.513. The van der Waals surface area contributed by atoms with Gasteiger partial charge in [0.25, 0.3) is 0 Å². The molecule has 13 heavy (non-hydrogen) atoms. The molecule has 0 bridgehead atoms. The molecule has 0 rings (SSSR count). The second-order valence-electron chi connectivity index (χ2n) is 4.51. The Kier molecular flexibility index (Phi) is 4.13. The molecule has 0 radical (unpaired) electrons. The first-order valence-electron chi connectivity index (χ1n) is 4.22. The molecule has 0 unspecified atom stereocenters. The van der Waals surface area contributed by atoms with Crippen molar-refractivity contribution in [3.63, 3.8) is 0 Å². The molecule has 2 nitrogen and oxygen atoms in total. The summed E-state index contributed by atoms with van der Waals surface area (Å²) in [5.41, 5.74) is 0.711. The van der Waals surface area contributed by atoms with Crippen molar-refractivity contribution in [1.29, 1.82) is 0 Å². The molecule has 0 heterocycles. The van der Waals surface area contributed by atoms with Gasteiger partial charge in [0.2, 0.25) is 0 Å². The maximum atomic E-state index is 11.6. The van der Waals surface area contributed by atoms with Crippen LogP contribution in [-0.2, 0) is 11.0 Å². The third-order valence-electron chi connectivity index (χ3n) is 1.60. The first-order valence-corrected chi connectivity index (χ1v) is 5.70. The Bertz CT molecular complexity index is 235. The molecular formula is C9H18ClNOS. The van der Waals surface area contributed by atoms with E-state index in [4.69, 9.17) is 11.6 Å². The lowest BCUT2D eigenvalue weighted by molar-refractivity contribution is 0.650. The fourth-order valence-electron chi connectivity index (χ4n) is 0.370. The van der Waals surface area contributed by atoms with Crippen LogP contribution in [0.25, 0.3) is 0 Å². The van der Waals surface area contributed by atoms with Crippen LogP contribution in [0, 0.1) is 0 Å². The highest BCUT2D eigenvalue weighted by Crippen LogP contribution is 2.19. The minimum absolute atomic E-state index is 0.316. The highest BCUT2D eigenvalue weighted by Gasteiger charge is 2.23. The Labute approximate surface area is 88.4 Å². The number of hydrogen-bond donors (Lipinski definition) is 0. The lowest BCUT2D eigenvalue weighted by Gasteiger charge is -2.18. The van der Waals surface area contributed by atoms with Crippen molar-refractivity contribution >= 4 is 28.3 Å². The summed E-state index contributed by atoms with van der Waals surface area (Å²) < 4.78 is 15.3. The van der Waals surface area contributed by atoms with Crippen LogP contribution in [-0.4, -0.2) is 19.5 Å². The van der Waals surface area contributed by atoms with Crippen LogP contribution in [0.1, 0.15) is 41.5 Å². The molecule has 0 aliphatic heterocycles. The van der Waals surface area contributed by atoms with Gasteiger partial charge in [0.1, 0.15) is 11.0 Å². The minimum Gasteiger partial charge on any atom is -0.234 e. The number of hydrogen-bond acceptors (Lipinski definition) is 1. The molecule has 0 amide bonds. The van der Waals surface area contributed by atoms with Gasteiger partial charge in [-0.3, -0.25) is 0 Å². The largest absolute Gasteiger partial charge is 0.234 e. The van der Waals surface area contributed by atoms with Crippen molar-refractivity contribution in [1.82, 2.24) is 0 Å². The van der Waals surface area contributed by atoms with E-state index >= 15 is 0 Å². The third kappa shape index (κ3) is 4.77. The monoisotopic (exact) mass is 223 g/mol. The van der Waals surface area contributed by atoms with Crippen LogP contribution in [0.15, 0.2) is 4.40 Å². The summed E-state index contributed by atoms with van der Waals surface area (Å²) in [5, 5.41) is 0. The summed E-state index contributed by atoms with van der Waals surface area (Å²) in [7, 11) is -1.21. The highest BCUT2D eigenvalue weighted by atomic mass is 35.5. The van der Waals surface area contributed by atoms with Crippen LogP contribution in [0.4, 0.5) is 0 Å². The van der Waals surface area contributed by atoms with Crippen LogP contribution in [0.5, 0.6) is 0 Å². The first-order chi connectivity index (χ1) is 5.55. The molecule has 0 spiro atoms. The van der Waals surface area contributed by atoms with Gasteiger partial charge in [0.05, 0.1) is 9.62 Å². The molecule has 0 N–H and O–H groups in total. The standard InChI is InChI=1S/C9H18ClNOS/c1-7(9(5,6)10)11-13(12)8(2,3)4/h1-6H3/b11-7+/t13-/m1/s1. The van der Waals surface area contributed by atoms with Gasteiger partial charge in [-0.25, -0.2) is 4.21 Å². The Morgan fingerprint density at radius 2 is 1.62 bits per heavy atom. The van der Waals surface area contributed by atoms with E-state index in [1.807, 2.05) is 34.6 Å². The van der Waals surface area contributed by atoms with Gasteiger partial charge in [-0.2, -0.15) is 4.40 Å². The molecule has 1 atom stereocenters. The lowest BCUT2D eigenvalue weighted by atomic mass is 10.1. The summed E-state index contributed by atoms with van der Waals surface area (Å²) in [6, 6.07) is 0. The van der Waals surface area contributed by atoms with Gasteiger partial charge in [-0.15, -0.1) is 11.6 Å². The molecule has 0 aromatic carbocycles. The van der Waals surface area contributed by atoms with Gasteiger partial charge < -0.3 is 0 Å². The Morgan fingerprint density at radius 3 is 1.85 bits per heavy atom. The molecule has 4 heteroatoms. The van der Waals surface area contributed by atoms with Crippen molar-refractivity contribution in [2.75, 3.05) is 0 Å². The highest BCUT2D eigenvalue weighted by molar-refractivity contribution is 7.85. The van der Waals surface area contributed by atoms with E-state index in [2.05, 4.69) is 4.40 Å². The average Bonchev–Trinajstić information content (AvgIpc) is 1.82. The fourth-order valence-corrected chi connectivity index (χ4v) is 1.21. The normalized spacial score (nSPS) is 17.3. The zero-order valence-electron chi connectivity index (χ0n) is 9.14. The van der Waals surface area contributed by atoms with Gasteiger partial charge in [0.15, 0.2) is 0 Å². The van der Waals surface area contributed by atoms with E-state index in [0.29, 0.717) is 5.71 Å². The molecule has 78 valence electrons. The number of rotatable bonds is 2. The van der Waals surface area contributed by atoms with Gasteiger partial charge >= 0.3 is 0 Å². The number of nitrogens with zero attached hydrogens (tertiary/aromatic N) is 1. The zero-order chi connectivity index (χ0) is 10.9. The van der Waals surface area contributed by atoms with Crippen LogP contribution >= 0.6 is 11.6 Å². The molecule has 0 aromatic rings. The maximum Gasteiger partial charge on any atom is 0.144 e. The van der Waals surface area contributed by atoms with Crippen molar-refractivity contribution < 1.29 is 4.21 Å². The lowest BCUT2D eigenvalue weighted by Crippen LogP contribution is -2.26. The van der Waals surface area contributed by atoms with E-state index in [1.54, 1.807) is 6.92 Å². The number of alkyl halides is 1. The van der Waals surface area contributed by atoms with Crippen LogP contribution in [0.2, 0.25) is 0 Å². The predicted molar refractivity (Wildman–Crippen MR) is 60.9 cm³/mol. The number of halogens is 1. The quantitative estimate of drug-likeness (QED) is 0.523. The van der Waals surface area contributed by atoms with Crippen molar-refractivity contribution in [2.45, 2.75) is 51.2 Å². The summed E-state index contributed by atoms with van der Waals surface area (Å²) >= 11 is 6.01. The zero-order valence-corrected chi connectivity index (χ0v) is 10.7. The Balaban J connectivity index is 4.70. The Hall–Kier alpha value is 0.110. The molecule has 0 aliphatic carbocycles. The van der Waals surface area contributed by atoms with Crippen molar-refractivity contribution in [3.05, 3.63) is 0 Å². The first kappa shape index (κ1) is 13.1. The third-order valence-corrected chi connectivity index (χ3v) is 3.36. The summed E-state index contributed by atoms with van der Waals surface area (Å²) in [6.07, 6.45) is 0. The smallest absolute Gasteiger partial charge is 0.144 e.